The average molecular weight is 253 g/mol. The largest absolute Gasteiger partial charge is 0.464 e. The van der Waals surface area contributed by atoms with Gasteiger partial charge in [0, 0.05) is 11.6 Å². The second kappa shape index (κ2) is 4.57. The lowest BCUT2D eigenvalue weighted by Crippen LogP contribution is -2.00. The van der Waals surface area contributed by atoms with Crippen LogP contribution >= 0.6 is 0 Å². The molecule has 0 unspecified atom stereocenters. The number of hydrogen-bond acceptors (Lipinski definition) is 4. The van der Waals surface area contributed by atoms with E-state index in [1.54, 1.807) is 6.07 Å². The second-order valence-corrected chi connectivity index (χ2v) is 4.09. The quantitative estimate of drug-likeness (QED) is 0.658. The molecule has 4 nitrogen and oxygen atoms in total. The smallest absolute Gasteiger partial charge is 0.360 e. The first kappa shape index (κ1) is 11.5. The Labute approximate surface area is 109 Å². The molecule has 3 rings (SSSR count). The number of nitrogens with zero attached hydrogens (tertiary/aromatic N) is 1. The molecule has 1 aromatic heterocycles. The molecule has 0 bridgehead atoms. The minimum Gasteiger partial charge on any atom is -0.464 e. The van der Waals surface area contributed by atoms with Crippen LogP contribution in [0.2, 0.25) is 0 Å². The molecule has 1 heterocycles. The Bertz CT molecular complexity index is 740. The summed E-state index contributed by atoms with van der Waals surface area (Å²) in [6.07, 6.45) is 0. The zero-order valence-corrected chi connectivity index (χ0v) is 10.3. The van der Waals surface area contributed by atoms with E-state index in [2.05, 4.69) is 9.89 Å². The Morgan fingerprint density at radius 1 is 1.16 bits per heavy atom. The van der Waals surface area contributed by atoms with Gasteiger partial charge in [0.05, 0.1) is 7.11 Å². The number of hydrogen-bond donors (Lipinski definition) is 0. The molecule has 0 saturated carbocycles. The molecule has 0 spiro atoms. The second-order valence-electron chi connectivity index (χ2n) is 4.09. The first-order chi connectivity index (χ1) is 9.29. The van der Waals surface area contributed by atoms with E-state index in [1.165, 1.54) is 7.11 Å². The van der Waals surface area contributed by atoms with Crippen LogP contribution in [-0.4, -0.2) is 18.2 Å². The van der Waals surface area contributed by atoms with Crippen molar-refractivity contribution in [2.45, 2.75) is 0 Å². The van der Waals surface area contributed by atoms with Gasteiger partial charge in [0.25, 0.3) is 0 Å². The van der Waals surface area contributed by atoms with Crippen LogP contribution in [0.1, 0.15) is 10.5 Å². The summed E-state index contributed by atoms with van der Waals surface area (Å²) in [5.41, 5.74) is 1.08. The van der Waals surface area contributed by atoms with Crippen molar-refractivity contribution in [3.63, 3.8) is 0 Å². The molecular weight excluding hydrogens is 242 g/mol. The van der Waals surface area contributed by atoms with Gasteiger partial charge in [-0.15, -0.1) is 0 Å². The summed E-state index contributed by atoms with van der Waals surface area (Å²) in [4.78, 5) is 11.4. The zero-order valence-electron chi connectivity index (χ0n) is 10.3. The predicted octanol–water partition coefficient (Wildman–Crippen LogP) is 3.28. The van der Waals surface area contributed by atoms with Crippen molar-refractivity contribution in [2.24, 2.45) is 0 Å². The van der Waals surface area contributed by atoms with Gasteiger partial charge in [-0.1, -0.05) is 47.6 Å². The molecule has 0 amide bonds. The summed E-state index contributed by atoms with van der Waals surface area (Å²) in [5, 5.41) is 5.88. The molecule has 2 aromatic carbocycles. The topological polar surface area (TPSA) is 52.3 Å². The normalized spacial score (nSPS) is 10.6. The molecule has 0 aliphatic carbocycles. The number of fused-ring (bicyclic) bond motifs is 1. The molecule has 19 heavy (non-hydrogen) atoms. The fourth-order valence-corrected chi connectivity index (χ4v) is 2.04. The van der Waals surface area contributed by atoms with E-state index in [-0.39, 0.29) is 5.69 Å². The van der Waals surface area contributed by atoms with Gasteiger partial charge in [-0.3, -0.25) is 0 Å². The molecule has 0 aliphatic rings. The standard InChI is InChI=1S/C15H11NO3/c1-18-15(17)13-9-14(19-16-13)12-8-4-6-10-5-2-3-7-11(10)12/h2-9H,1H3. The van der Waals surface area contributed by atoms with Crippen molar-refractivity contribution < 1.29 is 14.1 Å². The Morgan fingerprint density at radius 2 is 1.95 bits per heavy atom. The molecule has 0 radical (unpaired) electrons. The highest BCUT2D eigenvalue weighted by Gasteiger charge is 2.15. The molecule has 0 fully saturated rings. The van der Waals surface area contributed by atoms with Crippen molar-refractivity contribution in [2.75, 3.05) is 7.11 Å². The van der Waals surface area contributed by atoms with Crippen molar-refractivity contribution in [3.8, 4) is 11.3 Å². The molecule has 0 N–H and O–H groups in total. The van der Waals surface area contributed by atoms with Gasteiger partial charge in [-0.05, 0) is 10.8 Å². The third-order valence-electron chi connectivity index (χ3n) is 2.96. The van der Waals surface area contributed by atoms with Crippen LogP contribution in [0.3, 0.4) is 0 Å². The average Bonchev–Trinajstić information content (AvgIpc) is 2.95. The molecule has 94 valence electrons. The number of ether oxygens (including phenoxy) is 1. The van der Waals surface area contributed by atoms with Crippen LogP contribution in [0.15, 0.2) is 53.1 Å². The highest BCUT2D eigenvalue weighted by molar-refractivity contribution is 5.96. The first-order valence-electron chi connectivity index (χ1n) is 5.83. The highest BCUT2D eigenvalue weighted by Crippen LogP contribution is 2.28. The minimum atomic E-state index is -0.504. The monoisotopic (exact) mass is 253 g/mol. The van der Waals surface area contributed by atoms with E-state index in [0.29, 0.717) is 5.76 Å². The van der Waals surface area contributed by atoms with E-state index in [9.17, 15) is 4.79 Å². The maximum atomic E-state index is 11.4. The van der Waals surface area contributed by atoms with Crippen LogP contribution in [0.5, 0.6) is 0 Å². The fraction of sp³-hybridized carbons (Fsp3) is 0.0667. The molecule has 0 saturated heterocycles. The Balaban J connectivity index is 2.14. The lowest BCUT2D eigenvalue weighted by atomic mass is 10.0. The van der Waals surface area contributed by atoms with Crippen LogP contribution in [0.4, 0.5) is 0 Å². The van der Waals surface area contributed by atoms with Crippen LogP contribution in [0.25, 0.3) is 22.1 Å². The number of carbonyl (C=O) groups excluding carboxylic acids is 1. The van der Waals surface area contributed by atoms with Crippen LogP contribution in [0, 0.1) is 0 Å². The highest BCUT2D eigenvalue weighted by atomic mass is 16.5. The summed E-state index contributed by atoms with van der Waals surface area (Å²) in [5.74, 6) is 0.0486. The van der Waals surface area contributed by atoms with Gasteiger partial charge in [-0.25, -0.2) is 4.79 Å². The number of esters is 1. The van der Waals surface area contributed by atoms with E-state index < -0.39 is 5.97 Å². The number of carbonyl (C=O) groups is 1. The summed E-state index contributed by atoms with van der Waals surface area (Å²) in [6.45, 7) is 0. The first-order valence-corrected chi connectivity index (χ1v) is 5.83. The predicted molar refractivity (Wildman–Crippen MR) is 70.8 cm³/mol. The lowest BCUT2D eigenvalue weighted by molar-refractivity contribution is 0.0589. The SMILES string of the molecule is COC(=O)c1cc(-c2cccc3ccccc23)on1. The molecule has 4 heteroatoms. The number of rotatable bonds is 2. The zero-order chi connectivity index (χ0) is 13.2. The number of benzene rings is 2. The molecule has 0 atom stereocenters. The summed E-state index contributed by atoms with van der Waals surface area (Å²) >= 11 is 0. The van der Waals surface area contributed by atoms with E-state index in [0.717, 1.165) is 16.3 Å². The Kier molecular flexibility index (Phi) is 2.76. The van der Waals surface area contributed by atoms with Gasteiger partial charge in [0.2, 0.25) is 0 Å². The summed E-state index contributed by atoms with van der Waals surface area (Å²) in [6, 6.07) is 15.5. The molecular formula is C15H11NO3. The maximum Gasteiger partial charge on any atom is 0.360 e. The van der Waals surface area contributed by atoms with Gasteiger partial charge < -0.3 is 9.26 Å². The van der Waals surface area contributed by atoms with Crippen LogP contribution in [-0.2, 0) is 4.74 Å². The third kappa shape index (κ3) is 1.97. The third-order valence-corrected chi connectivity index (χ3v) is 2.96. The van der Waals surface area contributed by atoms with Crippen LogP contribution < -0.4 is 0 Å². The fourth-order valence-electron chi connectivity index (χ4n) is 2.04. The van der Waals surface area contributed by atoms with Crippen molar-refractivity contribution in [3.05, 3.63) is 54.2 Å². The minimum absolute atomic E-state index is 0.172. The van der Waals surface area contributed by atoms with Crippen molar-refractivity contribution >= 4 is 16.7 Å². The van der Waals surface area contributed by atoms with Crippen molar-refractivity contribution in [1.82, 2.24) is 5.16 Å². The van der Waals surface area contributed by atoms with E-state index in [1.807, 2.05) is 42.5 Å². The number of methoxy groups -OCH3 is 1. The maximum absolute atomic E-state index is 11.4. The van der Waals surface area contributed by atoms with Gasteiger partial charge in [0.1, 0.15) is 0 Å². The summed E-state index contributed by atoms with van der Waals surface area (Å²) in [7, 11) is 1.31. The van der Waals surface area contributed by atoms with Crippen molar-refractivity contribution in [1.29, 1.82) is 0 Å². The Morgan fingerprint density at radius 3 is 2.79 bits per heavy atom. The van der Waals surface area contributed by atoms with Gasteiger partial charge in [-0.2, -0.15) is 0 Å². The molecule has 3 aromatic rings. The van der Waals surface area contributed by atoms with E-state index >= 15 is 0 Å². The summed E-state index contributed by atoms with van der Waals surface area (Å²) < 4.78 is 9.84. The van der Waals surface area contributed by atoms with Gasteiger partial charge in [0.15, 0.2) is 11.5 Å². The van der Waals surface area contributed by atoms with Gasteiger partial charge >= 0.3 is 5.97 Å². The Hall–Kier alpha value is -2.62. The van der Waals surface area contributed by atoms with E-state index in [4.69, 9.17) is 4.52 Å². The lowest BCUT2D eigenvalue weighted by Gasteiger charge is -2.02. The number of aromatic nitrogens is 1. The molecule has 0 aliphatic heterocycles.